The summed E-state index contributed by atoms with van der Waals surface area (Å²) in [5.41, 5.74) is -0.00337. The molecule has 130 valence electrons. The summed E-state index contributed by atoms with van der Waals surface area (Å²) >= 11 is 0. The highest BCUT2D eigenvalue weighted by Gasteiger charge is 2.35. The van der Waals surface area contributed by atoms with E-state index in [9.17, 15) is 18.4 Å². The van der Waals surface area contributed by atoms with Gasteiger partial charge in [-0.2, -0.15) is 0 Å². The van der Waals surface area contributed by atoms with Crippen LogP contribution in [0.5, 0.6) is 0 Å². The van der Waals surface area contributed by atoms with E-state index in [-0.39, 0.29) is 18.0 Å². The lowest BCUT2D eigenvalue weighted by Crippen LogP contribution is -2.44. The lowest BCUT2D eigenvalue weighted by atomic mass is 10.1. The number of hydrogen-bond acceptors (Lipinski definition) is 3. The molecule has 7 heteroatoms. The average molecular weight is 337 g/mol. The van der Waals surface area contributed by atoms with Crippen LogP contribution in [-0.2, 0) is 4.79 Å². The van der Waals surface area contributed by atoms with Crippen molar-refractivity contribution >= 4 is 11.8 Å². The Morgan fingerprint density at radius 2 is 1.92 bits per heavy atom. The van der Waals surface area contributed by atoms with Crippen LogP contribution in [0.4, 0.5) is 8.78 Å². The normalized spacial score (nSPS) is 23.9. The molecule has 1 N–H and O–H groups in total. The fourth-order valence-corrected chi connectivity index (χ4v) is 3.54. The van der Waals surface area contributed by atoms with Crippen molar-refractivity contribution in [2.24, 2.45) is 0 Å². The van der Waals surface area contributed by atoms with Crippen LogP contribution in [0.3, 0.4) is 0 Å². The number of nitrogens with zero attached hydrogens (tertiary/aromatic N) is 2. The van der Waals surface area contributed by atoms with Crippen LogP contribution in [-0.4, -0.2) is 60.4 Å². The topological polar surface area (TPSA) is 52.6 Å². The van der Waals surface area contributed by atoms with Gasteiger partial charge < -0.3 is 10.2 Å². The Hall–Kier alpha value is -2.02. The molecule has 2 unspecified atom stereocenters. The molecule has 0 radical (unpaired) electrons. The van der Waals surface area contributed by atoms with E-state index in [1.807, 2.05) is 0 Å². The Labute approximate surface area is 139 Å². The standard InChI is InChI=1S/C17H21F2N3O2/c1-21-12-3-4-13(21)10-22(7-6-12)16(23)9-20-17(24)11-2-5-14(18)15(19)8-11/h2,5,8,12-13H,3-4,6-7,9-10H2,1H3,(H,20,24). The second kappa shape index (κ2) is 6.84. The van der Waals surface area contributed by atoms with Crippen molar-refractivity contribution < 1.29 is 18.4 Å². The zero-order chi connectivity index (χ0) is 17.3. The molecule has 2 saturated heterocycles. The fourth-order valence-electron chi connectivity index (χ4n) is 3.54. The van der Waals surface area contributed by atoms with Crippen molar-refractivity contribution in [1.82, 2.24) is 15.1 Å². The number of likely N-dealkylation sites (tertiary alicyclic amines) is 1. The SMILES string of the molecule is CN1C2CCC1CN(C(=O)CNC(=O)c1ccc(F)c(F)c1)CC2. The molecule has 1 aromatic rings. The molecule has 0 spiro atoms. The largest absolute Gasteiger partial charge is 0.343 e. The number of benzene rings is 1. The summed E-state index contributed by atoms with van der Waals surface area (Å²) in [6.07, 6.45) is 3.21. The first-order chi connectivity index (χ1) is 11.5. The van der Waals surface area contributed by atoms with Crippen LogP contribution in [0.1, 0.15) is 29.6 Å². The highest BCUT2D eigenvalue weighted by molar-refractivity contribution is 5.96. The molecule has 2 bridgehead atoms. The maximum atomic E-state index is 13.2. The van der Waals surface area contributed by atoms with Gasteiger partial charge in [-0.25, -0.2) is 8.78 Å². The van der Waals surface area contributed by atoms with E-state index in [0.717, 1.165) is 25.0 Å². The molecular formula is C17H21F2N3O2. The van der Waals surface area contributed by atoms with Gasteiger partial charge in [0.05, 0.1) is 6.54 Å². The van der Waals surface area contributed by atoms with E-state index in [4.69, 9.17) is 0 Å². The van der Waals surface area contributed by atoms with Gasteiger partial charge >= 0.3 is 0 Å². The number of hydrogen-bond donors (Lipinski definition) is 1. The minimum atomic E-state index is -1.08. The lowest BCUT2D eigenvalue weighted by molar-refractivity contribution is -0.130. The Kier molecular flexibility index (Phi) is 4.80. The predicted octanol–water partition coefficient (Wildman–Crippen LogP) is 1.39. The molecule has 2 aliphatic heterocycles. The molecule has 2 heterocycles. The first-order valence-electron chi connectivity index (χ1n) is 8.18. The van der Waals surface area contributed by atoms with Crippen LogP contribution in [0.15, 0.2) is 18.2 Å². The maximum absolute atomic E-state index is 13.2. The number of halogens is 2. The lowest BCUT2D eigenvalue weighted by Gasteiger charge is -2.26. The average Bonchev–Trinajstić information content (AvgIpc) is 2.80. The monoisotopic (exact) mass is 337 g/mol. The third-order valence-electron chi connectivity index (χ3n) is 5.08. The summed E-state index contributed by atoms with van der Waals surface area (Å²) in [5.74, 6) is -2.82. The minimum Gasteiger partial charge on any atom is -0.343 e. The zero-order valence-electron chi connectivity index (χ0n) is 13.6. The van der Waals surface area contributed by atoms with E-state index in [0.29, 0.717) is 25.2 Å². The fraction of sp³-hybridized carbons (Fsp3) is 0.529. The Bertz CT molecular complexity index is 653. The van der Waals surface area contributed by atoms with Crippen molar-refractivity contribution in [2.75, 3.05) is 26.7 Å². The van der Waals surface area contributed by atoms with Gasteiger partial charge in [-0.15, -0.1) is 0 Å². The molecule has 2 atom stereocenters. The molecule has 24 heavy (non-hydrogen) atoms. The van der Waals surface area contributed by atoms with E-state index in [1.165, 1.54) is 12.5 Å². The van der Waals surface area contributed by atoms with Gasteiger partial charge in [-0.3, -0.25) is 14.5 Å². The van der Waals surface area contributed by atoms with E-state index >= 15 is 0 Å². The molecule has 0 saturated carbocycles. The molecular weight excluding hydrogens is 316 g/mol. The summed E-state index contributed by atoms with van der Waals surface area (Å²) in [7, 11) is 2.10. The summed E-state index contributed by atoms with van der Waals surface area (Å²) in [6, 6.07) is 3.83. The Balaban J connectivity index is 1.55. The highest BCUT2D eigenvalue weighted by atomic mass is 19.2. The van der Waals surface area contributed by atoms with Crippen molar-refractivity contribution in [3.05, 3.63) is 35.4 Å². The van der Waals surface area contributed by atoms with Gasteiger partial charge in [0, 0.05) is 30.7 Å². The number of rotatable bonds is 3. The highest BCUT2D eigenvalue weighted by Crippen LogP contribution is 2.28. The van der Waals surface area contributed by atoms with Crippen molar-refractivity contribution in [2.45, 2.75) is 31.3 Å². The van der Waals surface area contributed by atoms with Gasteiger partial charge in [-0.05, 0) is 44.5 Å². The first kappa shape index (κ1) is 16.8. The first-order valence-corrected chi connectivity index (χ1v) is 8.18. The number of carbonyl (C=O) groups excluding carboxylic acids is 2. The van der Waals surface area contributed by atoms with Crippen LogP contribution in [0.2, 0.25) is 0 Å². The van der Waals surface area contributed by atoms with Crippen molar-refractivity contribution in [1.29, 1.82) is 0 Å². The van der Waals surface area contributed by atoms with Crippen molar-refractivity contribution in [3.8, 4) is 0 Å². The number of fused-ring (bicyclic) bond motifs is 2. The summed E-state index contributed by atoms with van der Waals surface area (Å²) in [6.45, 7) is 1.22. The molecule has 5 nitrogen and oxygen atoms in total. The van der Waals surface area contributed by atoms with Gasteiger partial charge in [-0.1, -0.05) is 0 Å². The molecule has 1 aromatic carbocycles. The Morgan fingerprint density at radius 3 is 2.67 bits per heavy atom. The summed E-state index contributed by atoms with van der Waals surface area (Å²) < 4.78 is 26.1. The number of likely N-dealkylation sites (N-methyl/N-ethyl adjacent to an activating group) is 1. The van der Waals surface area contributed by atoms with Crippen molar-refractivity contribution in [3.63, 3.8) is 0 Å². The number of carbonyl (C=O) groups is 2. The van der Waals surface area contributed by atoms with Gasteiger partial charge in [0.1, 0.15) is 0 Å². The zero-order valence-corrected chi connectivity index (χ0v) is 13.6. The van der Waals surface area contributed by atoms with E-state index in [2.05, 4.69) is 17.3 Å². The molecule has 3 rings (SSSR count). The molecule has 2 fully saturated rings. The summed E-state index contributed by atoms with van der Waals surface area (Å²) in [5, 5.41) is 2.49. The van der Waals surface area contributed by atoms with Crippen LogP contribution in [0, 0.1) is 11.6 Å². The molecule has 0 aromatic heterocycles. The summed E-state index contributed by atoms with van der Waals surface area (Å²) in [4.78, 5) is 28.4. The van der Waals surface area contributed by atoms with Gasteiger partial charge in [0.25, 0.3) is 5.91 Å². The molecule has 0 aliphatic carbocycles. The van der Waals surface area contributed by atoms with Gasteiger partial charge in [0.15, 0.2) is 11.6 Å². The Morgan fingerprint density at radius 1 is 1.17 bits per heavy atom. The minimum absolute atomic E-state index is 0.00337. The number of amides is 2. The van der Waals surface area contributed by atoms with Gasteiger partial charge in [0.2, 0.25) is 5.91 Å². The van der Waals surface area contributed by atoms with Crippen LogP contribution in [0.25, 0.3) is 0 Å². The second-order valence-corrected chi connectivity index (χ2v) is 6.49. The smallest absolute Gasteiger partial charge is 0.251 e. The predicted molar refractivity (Wildman–Crippen MR) is 84.5 cm³/mol. The molecule has 2 aliphatic rings. The van der Waals surface area contributed by atoms with Crippen LogP contribution >= 0.6 is 0 Å². The third kappa shape index (κ3) is 3.40. The van der Waals surface area contributed by atoms with E-state index in [1.54, 1.807) is 4.90 Å². The molecule has 2 amide bonds. The third-order valence-corrected chi connectivity index (χ3v) is 5.08. The second-order valence-electron chi connectivity index (χ2n) is 6.49. The maximum Gasteiger partial charge on any atom is 0.251 e. The van der Waals surface area contributed by atoms with E-state index < -0.39 is 17.5 Å². The van der Waals surface area contributed by atoms with Crippen LogP contribution < -0.4 is 5.32 Å². The number of nitrogens with one attached hydrogen (secondary N) is 1. The quantitative estimate of drug-likeness (QED) is 0.907.